The summed E-state index contributed by atoms with van der Waals surface area (Å²) in [5.41, 5.74) is 0. The molecule has 1 aliphatic rings. The minimum atomic E-state index is -3.47. The molecule has 1 fully saturated rings. The largest absolute Gasteiger partial charge is 0.481 e. The van der Waals surface area contributed by atoms with Crippen molar-refractivity contribution in [2.45, 2.75) is 6.42 Å². The van der Waals surface area contributed by atoms with Crippen LogP contribution in [0.1, 0.15) is 6.42 Å². The first-order chi connectivity index (χ1) is 9.25. The second-order valence-corrected chi connectivity index (χ2v) is 6.72. The van der Waals surface area contributed by atoms with E-state index >= 15 is 0 Å². The number of amides is 1. The Morgan fingerprint density at radius 3 is 2.45 bits per heavy atom. The number of hydrogen-bond donors (Lipinski definition) is 1. The number of carbonyl (C=O) groups excluding carboxylic acids is 1. The normalized spacial score (nSPS) is 21.5. The highest BCUT2D eigenvalue weighted by Crippen LogP contribution is 2.13. The molecule has 0 aliphatic carbocycles. The van der Waals surface area contributed by atoms with E-state index in [1.54, 1.807) is 0 Å². The van der Waals surface area contributed by atoms with Crippen molar-refractivity contribution >= 4 is 21.9 Å². The number of carbonyl (C=O) groups is 2. The molecule has 0 aromatic heterocycles. The van der Waals surface area contributed by atoms with E-state index in [9.17, 15) is 18.0 Å². The summed E-state index contributed by atoms with van der Waals surface area (Å²) < 4.78 is 29.1. The Bertz CT molecular complexity index is 464. The molecular formula is C11H20N2O6S. The number of sulfonamides is 1. The average molecular weight is 308 g/mol. The Hall–Kier alpha value is -1.19. The van der Waals surface area contributed by atoms with Crippen LogP contribution in [0.4, 0.5) is 0 Å². The third-order valence-corrected chi connectivity index (χ3v) is 4.44. The summed E-state index contributed by atoms with van der Waals surface area (Å²) in [7, 11) is -2.00. The molecule has 0 radical (unpaired) electrons. The Labute approximate surface area is 118 Å². The van der Waals surface area contributed by atoms with Crippen molar-refractivity contribution in [1.29, 1.82) is 0 Å². The number of rotatable bonds is 5. The first kappa shape index (κ1) is 16.9. The highest BCUT2D eigenvalue weighted by Gasteiger charge is 2.32. The minimum absolute atomic E-state index is 0.0178. The smallest absolute Gasteiger partial charge is 0.309 e. The van der Waals surface area contributed by atoms with Crippen LogP contribution in [-0.2, 0) is 24.3 Å². The van der Waals surface area contributed by atoms with Crippen molar-refractivity contribution in [3.05, 3.63) is 0 Å². The predicted molar refractivity (Wildman–Crippen MR) is 70.6 cm³/mol. The van der Waals surface area contributed by atoms with Crippen LogP contribution >= 0.6 is 0 Å². The summed E-state index contributed by atoms with van der Waals surface area (Å²) in [5.74, 6) is -2.25. The zero-order chi connectivity index (χ0) is 15.3. The lowest BCUT2D eigenvalue weighted by Gasteiger charge is -2.22. The molecule has 1 heterocycles. The van der Waals surface area contributed by atoms with Crippen LogP contribution in [0, 0.1) is 5.92 Å². The van der Waals surface area contributed by atoms with Crippen LogP contribution in [0.3, 0.4) is 0 Å². The summed E-state index contributed by atoms with van der Waals surface area (Å²) in [6.07, 6.45) is 1.19. The summed E-state index contributed by atoms with van der Waals surface area (Å²) >= 11 is 0. The number of ether oxygens (including phenoxy) is 1. The molecule has 20 heavy (non-hydrogen) atoms. The number of aliphatic carboxylic acids is 1. The molecule has 8 nitrogen and oxygen atoms in total. The molecule has 0 aromatic rings. The van der Waals surface area contributed by atoms with Gasteiger partial charge in [0.05, 0.1) is 25.2 Å². The molecule has 1 N–H and O–H groups in total. The standard InChI is InChI=1S/C11H20N2O6S/c1-19-6-3-10(14)12-4-5-13(20(2,17)18)8-9(7-12)11(15)16/h9H,3-8H2,1-2H3,(H,15,16). The van der Waals surface area contributed by atoms with Gasteiger partial charge < -0.3 is 14.7 Å². The maximum Gasteiger partial charge on any atom is 0.309 e. The molecule has 0 spiro atoms. The van der Waals surface area contributed by atoms with E-state index in [0.29, 0.717) is 0 Å². The van der Waals surface area contributed by atoms with Crippen molar-refractivity contribution in [2.75, 3.05) is 46.2 Å². The van der Waals surface area contributed by atoms with E-state index in [-0.39, 0.29) is 45.1 Å². The fraction of sp³-hybridized carbons (Fsp3) is 0.818. The molecule has 1 unspecified atom stereocenters. The number of nitrogens with zero attached hydrogens (tertiary/aromatic N) is 2. The summed E-state index contributed by atoms with van der Waals surface area (Å²) in [6, 6.07) is 0. The molecule has 1 aliphatic heterocycles. The zero-order valence-corrected chi connectivity index (χ0v) is 12.4. The van der Waals surface area contributed by atoms with E-state index in [1.807, 2.05) is 0 Å². The molecule has 1 atom stereocenters. The van der Waals surface area contributed by atoms with Gasteiger partial charge in [-0.1, -0.05) is 0 Å². The van der Waals surface area contributed by atoms with Gasteiger partial charge in [-0.2, -0.15) is 4.31 Å². The summed E-state index contributed by atoms with van der Waals surface area (Å²) in [5, 5.41) is 9.14. The van der Waals surface area contributed by atoms with E-state index in [4.69, 9.17) is 9.84 Å². The summed E-state index contributed by atoms with van der Waals surface area (Å²) in [6.45, 7) is 0.468. The van der Waals surface area contributed by atoms with Gasteiger partial charge >= 0.3 is 5.97 Å². The lowest BCUT2D eigenvalue weighted by atomic mass is 10.1. The number of hydrogen-bond acceptors (Lipinski definition) is 5. The monoisotopic (exact) mass is 308 g/mol. The van der Waals surface area contributed by atoms with Gasteiger partial charge in [-0.15, -0.1) is 0 Å². The fourth-order valence-corrected chi connectivity index (χ4v) is 2.88. The van der Waals surface area contributed by atoms with Crippen molar-refractivity contribution < 1.29 is 27.9 Å². The van der Waals surface area contributed by atoms with Gasteiger partial charge in [0.25, 0.3) is 0 Å². The molecule has 1 amide bonds. The topological polar surface area (TPSA) is 104 Å². The van der Waals surface area contributed by atoms with E-state index < -0.39 is 21.9 Å². The van der Waals surface area contributed by atoms with Gasteiger partial charge in [-0.3, -0.25) is 9.59 Å². The number of carboxylic acids is 1. The van der Waals surface area contributed by atoms with Crippen molar-refractivity contribution in [2.24, 2.45) is 5.92 Å². The first-order valence-corrected chi connectivity index (χ1v) is 8.05. The van der Waals surface area contributed by atoms with E-state index in [2.05, 4.69) is 0 Å². The Kier molecular flexibility index (Phi) is 5.90. The van der Waals surface area contributed by atoms with Gasteiger partial charge in [0.2, 0.25) is 15.9 Å². The van der Waals surface area contributed by atoms with Crippen molar-refractivity contribution in [1.82, 2.24) is 9.21 Å². The highest BCUT2D eigenvalue weighted by atomic mass is 32.2. The predicted octanol–water partition coefficient (Wildman–Crippen LogP) is -1.17. The van der Waals surface area contributed by atoms with Crippen molar-refractivity contribution in [3.8, 4) is 0 Å². The van der Waals surface area contributed by atoms with Gasteiger partial charge in [0.15, 0.2) is 0 Å². The Balaban J connectivity index is 2.82. The minimum Gasteiger partial charge on any atom is -0.481 e. The molecular weight excluding hydrogens is 288 g/mol. The average Bonchev–Trinajstić information content (AvgIpc) is 2.58. The second-order valence-electron chi connectivity index (χ2n) is 4.74. The van der Waals surface area contributed by atoms with Crippen molar-refractivity contribution in [3.63, 3.8) is 0 Å². The van der Waals surface area contributed by atoms with Gasteiger partial charge in [-0.05, 0) is 0 Å². The Morgan fingerprint density at radius 1 is 1.30 bits per heavy atom. The molecule has 1 saturated heterocycles. The molecule has 0 aromatic carbocycles. The summed E-state index contributed by atoms with van der Waals surface area (Å²) in [4.78, 5) is 24.5. The van der Waals surface area contributed by atoms with Gasteiger partial charge in [-0.25, -0.2) is 8.42 Å². The molecule has 1 rings (SSSR count). The van der Waals surface area contributed by atoms with E-state index in [0.717, 1.165) is 10.6 Å². The van der Waals surface area contributed by atoms with Gasteiger partial charge in [0.1, 0.15) is 0 Å². The van der Waals surface area contributed by atoms with Crippen LogP contribution in [0.15, 0.2) is 0 Å². The lowest BCUT2D eigenvalue weighted by molar-refractivity contribution is -0.143. The third kappa shape index (κ3) is 4.73. The van der Waals surface area contributed by atoms with Gasteiger partial charge in [0, 0.05) is 33.3 Å². The van der Waals surface area contributed by atoms with Crippen LogP contribution in [-0.4, -0.2) is 80.8 Å². The SMILES string of the molecule is COCCC(=O)N1CCN(S(C)(=O)=O)CC(C(=O)O)C1. The zero-order valence-electron chi connectivity index (χ0n) is 11.6. The van der Waals surface area contributed by atoms with Crippen LogP contribution in [0.2, 0.25) is 0 Å². The van der Waals surface area contributed by atoms with Crippen LogP contribution in [0.25, 0.3) is 0 Å². The molecule has 9 heteroatoms. The quantitative estimate of drug-likeness (QED) is 0.686. The molecule has 0 bridgehead atoms. The highest BCUT2D eigenvalue weighted by molar-refractivity contribution is 7.88. The lowest BCUT2D eigenvalue weighted by Crippen LogP contribution is -2.38. The number of carboxylic acid groups (broad SMARTS) is 1. The van der Waals surface area contributed by atoms with E-state index in [1.165, 1.54) is 12.0 Å². The second kappa shape index (κ2) is 7.00. The fourth-order valence-electron chi connectivity index (χ4n) is 2.02. The van der Waals surface area contributed by atoms with Crippen LogP contribution in [0.5, 0.6) is 0 Å². The van der Waals surface area contributed by atoms with Crippen LogP contribution < -0.4 is 0 Å². The molecule has 116 valence electrons. The molecule has 0 saturated carbocycles. The maximum atomic E-state index is 11.9. The maximum absolute atomic E-state index is 11.9. The first-order valence-electron chi connectivity index (χ1n) is 6.20. The number of methoxy groups -OCH3 is 1. The Morgan fingerprint density at radius 2 is 1.95 bits per heavy atom. The third-order valence-electron chi connectivity index (χ3n) is 3.18.